The van der Waals surface area contributed by atoms with E-state index in [4.69, 9.17) is 29.7 Å². The zero-order valence-corrected chi connectivity index (χ0v) is 26.7. The molecule has 0 N–H and O–H groups in total. The molecule has 0 bridgehead atoms. The number of fused-ring (bicyclic) bond motifs is 7. The highest BCUT2D eigenvalue weighted by Crippen LogP contribution is 2.53. The predicted octanol–water partition coefficient (Wildman–Crippen LogP) is 12.7. The quantitative estimate of drug-likeness (QED) is 0.186. The standard InChI is InChI=1S/C44H36N2S2/c1-25-15-19-29(39-27(3)17-21-34-41(39)47-38-14-10-7-11-33(38)44(34,5)6)23-31(25)32-24-30(20-16-26(32)2)40-28(4)18-22-37-42(40)48-43-45-35-12-8-9-13-36(35)46(37)43/h7-24H,1-6H3/i1D3,2D3,3D3,4D3,5D3,6D3. The Morgan fingerprint density at radius 3 is 2.06 bits per heavy atom. The van der Waals surface area contributed by atoms with Crippen LogP contribution in [0.25, 0.3) is 59.6 Å². The van der Waals surface area contributed by atoms with Gasteiger partial charge >= 0.3 is 0 Å². The highest BCUT2D eigenvalue weighted by molar-refractivity contribution is 7.99. The van der Waals surface area contributed by atoms with E-state index < -0.39 is 46.5 Å². The van der Waals surface area contributed by atoms with Crippen molar-refractivity contribution in [3.8, 4) is 33.4 Å². The fraction of sp³-hybridized carbons (Fsp3) is 0.159. The van der Waals surface area contributed by atoms with Gasteiger partial charge in [-0.15, -0.1) is 0 Å². The number of nitrogens with zero attached hydrogens (tertiary/aromatic N) is 2. The van der Waals surface area contributed by atoms with Gasteiger partial charge in [0.05, 0.1) is 21.3 Å². The maximum absolute atomic E-state index is 8.82. The van der Waals surface area contributed by atoms with Gasteiger partial charge in [-0.05, 0) is 125 Å². The monoisotopic (exact) mass is 674 g/mol. The maximum atomic E-state index is 8.82. The Morgan fingerprint density at radius 2 is 1.29 bits per heavy atom. The summed E-state index contributed by atoms with van der Waals surface area (Å²) >= 11 is 2.22. The SMILES string of the molecule is [2H]C([2H])([2H])c1ccc(-c2c(C([2H])([2H])[2H])ccc3c2Sc2ccccc2C3(C([2H])([2H])[2H])C([2H])([2H])[2H])cc1-c1cc(-c2c(C([2H])([2H])[2H])ccc3c2sc2nc4ccccc4n23)ccc1C([2H])([2H])[2H]. The Morgan fingerprint density at radius 1 is 0.625 bits per heavy atom. The maximum Gasteiger partial charge on any atom is 0.195 e. The van der Waals surface area contributed by atoms with Gasteiger partial charge in [0.1, 0.15) is 0 Å². The minimum atomic E-state index is -3.21. The lowest BCUT2D eigenvalue weighted by atomic mass is 9.76. The first-order chi connectivity index (χ1) is 30.5. The molecule has 6 aromatic carbocycles. The van der Waals surface area contributed by atoms with Gasteiger partial charge in [0.25, 0.3) is 0 Å². The predicted molar refractivity (Wildman–Crippen MR) is 206 cm³/mol. The van der Waals surface area contributed by atoms with Crippen LogP contribution in [0.3, 0.4) is 0 Å². The summed E-state index contributed by atoms with van der Waals surface area (Å²) in [6, 6.07) is 27.3. The number of thiazole rings is 1. The molecule has 8 aromatic rings. The van der Waals surface area contributed by atoms with Gasteiger partial charge < -0.3 is 0 Å². The third-order valence-corrected chi connectivity index (χ3v) is 11.4. The van der Waals surface area contributed by atoms with Crippen LogP contribution in [0, 0.1) is 27.4 Å². The van der Waals surface area contributed by atoms with Crippen molar-refractivity contribution in [1.82, 2.24) is 9.38 Å². The van der Waals surface area contributed by atoms with Crippen LogP contribution in [0.2, 0.25) is 0 Å². The first-order valence-corrected chi connectivity index (χ1v) is 16.8. The lowest BCUT2D eigenvalue weighted by molar-refractivity contribution is 0.607. The molecule has 0 unspecified atom stereocenters. The van der Waals surface area contributed by atoms with E-state index >= 15 is 0 Å². The van der Waals surface area contributed by atoms with Gasteiger partial charge in [-0.2, -0.15) is 0 Å². The van der Waals surface area contributed by atoms with E-state index in [-0.39, 0.29) is 76.6 Å². The molecule has 2 aromatic heterocycles. The van der Waals surface area contributed by atoms with Crippen molar-refractivity contribution in [2.45, 2.75) is 56.3 Å². The van der Waals surface area contributed by atoms with Gasteiger partial charge in [0, 0.05) is 45.4 Å². The molecule has 0 amide bonds. The third-order valence-electron chi connectivity index (χ3n) is 9.07. The smallest absolute Gasteiger partial charge is 0.195 e. The van der Waals surface area contributed by atoms with Crippen LogP contribution in [-0.4, -0.2) is 9.38 Å². The van der Waals surface area contributed by atoms with Gasteiger partial charge in [-0.3, -0.25) is 4.40 Å². The van der Waals surface area contributed by atoms with Crippen molar-refractivity contribution in [1.29, 1.82) is 0 Å². The molecule has 4 heteroatoms. The molecule has 1 aliphatic rings. The lowest BCUT2D eigenvalue weighted by Gasteiger charge is -2.36. The molecule has 3 heterocycles. The van der Waals surface area contributed by atoms with Gasteiger partial charge in [-0.25, -0.2) is 4.98 Å². The molecule has 0 radical (unpaired) electrons. The summed E-state index contributed by atoms with van der Waals surface area (Å²) in [6.45, 7) is -17.7. The van der Waals surface area contributed by atoms with E-state index in [1.54, 1.807) is 18.2 Å². The lowest BCUT2D eigenvalue weighted by Crippen LogP contribution is -2.24. The second-order valence-corrected chi connectivity index (χ2v) is 13.9. The fourth-order valence-corrected chi connectivity index (χ4v) is 9.34. The minimum Gasteiger partial charge on any atom is -0.283 e. The molecule has 0 fully saturated rings. The van der Waals surface area contributed by atoms with Crippen molar-refractivity contribution in [3.63, 3.8) is 0 Å². The van der Waals surface area contributed by atoms with Gasteiger partial charge in [-0.1, -0.05) is 110 Å². The van der Waals surface area contributed by atoms with Crippen molar-refractivity contribution in [2.75, 3.05) is 0 Å². The highest BCUT2D eigenvalue weighted by Gasteiger charge is 2.34. The van der Waals surface area contributed by atoms with E-state index in [2.05, 4.69) is 0 Å². The van der Waals surface area contributed by atoms with Gasteiger partial charge in [0.2, 0.25) is 0 Å². The highest BCUT2D eigenvalue weighted by atomic mass is 32.2. The van der Waals surface area contributed by atoms with Crippen LogP contribution in [0.1, 0.15) is 71.8 Å². The molecule has 48 heavy (non-hydrogen) atoms. The summed E-state index contributed by atoms with van der Waals surface area (Å²) in [7, 11) is 0. The normalized spacial score (nSPS) is 20.8. The van der Waals surface area contributed by atoms with E-state index in [1.807, 2.05) is 28.7 Å². The largest absolute Gasteiger partial charge is 0.283 e. The average Bonchev–Trinajstić information content (AvgIpc) is 3.75. The summed E-state index contributed by atoms with van der Waals surface area (Å²) in [4.78, 5) is 5.61. The number of para-hydroxylation sites is 2. The second kappa shape index (κ2) is 10.7. The van der Waals surface area contributed by atoms with E-state index in [1.165, 1.54) is 78.1 Å². The molecule has 0 saturated heterocycles. The first kappa shape index (κ1) is 16.2. The number of aromatic nitrogens is 2. The van der Waals surface area contributed by atoms with E-state index in [9.17, 15) is 0 Å². The molecular weight excluding hydrogens is 621 g/mol. The zero-order valence-electron chi connectivity index (χ0n) is 43.1. The average molecular weight is 675 g/mol. The first-order valence-electron chi connectivity index (χ1n) is 24.1. The minimum absolute atomic E-state index is 0.00588. The molecule has 0 atom stereocenters. The van der Waals surface area contributed by atoms with Crippen LogP contribution < -0.4 is 0 Å². The van der Waals surface area contributed by atoms with E-state index in [0.717, 1.165) is 22.8 Å². The molecule has 9 rings (SSSR count). The number of imidazole rings is 1. The zero-order chi connectivity index (χ0) is 47.9. The molecule has 1 aliphatic heterocycles. The number of rotatable bonds is 3. The summed E-state index contributed by atoms with van der Waals surface area (Å²) < 4.78 is 159. The van der Waals surface area contributed by atoms with Crippen molar-refractivity contribution >= 4 is 49.3 Å². The summed E-state index contributed by atoms with van der Waals surface area (Å²) in [5, 5.41) is 0. The molecule has 0 aliphatic carbocycles. The van der Waals surface area contributed by atoms with Crippen LogP contribution in [0.5, 0.6) is 0 Å². The molecule has 234 valence electrons. The number of hydrogen-bond acceptors (Lipinski definition) is 3. The van der Waals surface area contributed by atoms with Crippen molar-refractivity contribution < 1.29 is 24.7 Å². The van der Waals surface area contributed by atoms with Crippen LogP contribution in [0.4, 0.5) is 0 Å². The Labute approximate surface area is 315 Å². The number of benzene rings is 6. The summed E-state index contributed by atoms with van der Waals surface area (Å²) in [5.74, 6) is 0. The Balaban J connectivity index is 1.38. The van der Waals surface area contributed by atoms with E-state index in [0.29, 0.717) is 15.2 Å². The Kier molecular flexibility index (Phi) is 3.60. The summed E-state index contributed by atoms with van der Waals surface area (Å²) in [5.41, 5.74) is -1.44. The molecule has 0 spiro atoms. The van der Waals surface area contributed by atoms with Crippen molar-refractivity contribution in [3.05, 3.63) is 143 Å². The summed E-state index contributed by atoms with van der Waals surface area (Å²) in [6.07, 6.45) is 0. The topological polar surface area (TPSA) is 17.3 Å². The van der Waals surface area contributed by atoms with Crippen LogP contribution in [0.15, 0.2) is 119 Å². The van der Waals surface area contributed by atoms with Crippen LogP contribution >= 0.6 is 23.1 Å². The Hall–Kier alpha value is -4.64. The molecular formula is C44H36N2S2. The third kappa shape index (κ3) is 4.29. The number of hydrogen-bond donors (Lipinski definition) is 0. The molecule has 2 nitrogen and oxygen atoms in total. The molecule has 0 saturated carbocycles. The van der Waals surface area contributed by atoms with Crippen LogP contribution in [-0.2, 0) is 5.41 Å². The van der Waals surface area contributed by atoms with Crippen molar-refractivity contribution in [2.24, 2.45) is 0 Å². The Bertz CT molecular complexity index is 3260. The number of aryl methyl sites for hydroxylation is 4. The van der Waals surface area contributed by atoms with Gasteiger partial charge in [0.15, 0.2) is 4.96 Å². The fourth-order valence-electron chi connectivity index (χ4n) is 6.77. The second-order valence-electron chi connectivity index (χ2n) is 11.9.